The largest absolute Gasteiger partial charge is 0.465 e. The molecule has 4 rings (SSSR count). The van der Waals surface area contributed by atoms with Crippen LogP contribution in [0, 0.1) is 55.4 Å². The van der Waals surface area contributed by atoms with Crippen LogP contribution in [-0.2, 0) is 9.47 Å². The van der Waals surface area contributed by atoms with Crippen LogP contribution in [0.5, 0.6) is 0 Å². The van der Waals surface area contributed by atoms with Gasteiger partial charge in [-0.2, -0.15) is 0 Å². The molecular formula is C32H34O4. The average Bonchev–Trinajstić information content (AvgIpc) is 3.20. The van der Waals surface area contributed by atoms with Crippen molar-refractivity contribution in [3.05, 3.63) is 79.9 Å². The van der Waals surface area contributed by atoms with Gasteiger partial charge < -0.3 is 9.47 Å². The summed E-state index contributed by atoms with van der Waals surface area (Å²) in [7, 11) is 2.81. The van der Waals surface area contributed by atoms with Crippen molar-refractivity contribution in [2.45, 2.75) is 55.4 Å². The molecule has 0 heterocycles. The zero-order valence-electron chi connectivity index (χ0n) is 22.9. The molecular weight excluding hydrogens is 448 g/mol. The van der Waals surface area contributed by atoms with E-state index in [0.29, 0.717) is 11.1 Å². The number of carbonyl (C=O) groups excluding carboxylic acids is 2. The first-order valence-electron chi connectivity index (χ1n) is 12.2. The molecule has 0 saturated heterocycles. The van der Waals surface area contributed by atoms with Gasteiger partial charge in [-0.15, -0.1) is 0 Å². The third-order valence-corrected chi connectivity index (χ3v) is 7.38. The number of fused-ring (bicyclic) bond motifs is 2. The highest BCUT2D eigenvalue weighted by Gasteiger charge is 2.36. The molecule has 0 aromatic carbocycles. The fraction of sp³-hybridized carbons (Fsp3) is 0.312. The number of ether oxygens (including phenoxy) is 2. The zero-order valence-corrected chi connectivity index (χ0v) is 22.9. The number of carbonyl (C=O) groups is 2. The van der Waals surface area contributed by atoms with Gasteiger partial charge in [-0.05, 0) is 111 Å². The smallest absolute Gasteiger partial charge is 0.338 e. The van der Waals surface area contributed by atoms with Crippen molar-refractivity contribution in [1.82, 2.24) is 0 Å². The molecule has 0 atom stereocenters. The molecule has 186 valence electrons. The lowest BCUT2D eigenvalue weighted by Crippen LogP contribution is -2.07. The van der Waals surface area contributed by atoms with Crippen molar-refractivity contribution in [1.29, 1.82) is 0 Å². The summed E-state index contributed by atoms with van der Waals surface area (Å²) in [5.41, 5.74) is 14.7. The van der Waals surface area contributed by atoms with Gasteiger partial charge in [0.25, 0.3) is 0 Å². The van der Waals surface area contributed by atoms with Crippen molar-refractivity contribution in [3.8, 4) is 33.4 Å². The number of rotatable bonds is 3. The molecule has 0 radical (unpaired) electrons. The molecule has 0 saturated carbocycles. The lowest BCUT2D eigenvalue weighted by atomic mass is 9.90. The molecule has 0 bridgehead atoms. The molecule has 4 aliphatic rings. The van der Waals surface area contributed by atoms with Crippen LogP contribution in [0.15, 0.2) is 24.3 Å². The predicted octanol–water partition coefficient (Wildman–Crippen LogP) is 7.60. The maximum absolute atomic E-state index is 13.4. The molecule has 36 heavy (non-hydrogen) atoms. The molecule has 0 N–H and O–H groups in total. The first-order valence-corrected chi connectivity index (χ1v) is 12.2. The standard InChI is InChI=1S/C32H34O4/c1-15-11-17(3)23-21(7)27(31(33)35-9)29(25(23)19(5)13-15)30-26-20(6)14-16(2)12-18(4)24(26)22(8)28(30)32(34)36-10/h11-14H,1-10H3. The van der Waals surface area contributed by atoms with Crippen LogP contribution in [0.4, 0.5) is 0 Å². The Morgan fingerprint density at radius 3 is 1.03 bits per heavy atom. The van der Waals surface area contributed by atoms with Gasteiger partial charge in [0.15, 0.2) is 0 Å². The summed E-state index contributed by atoms with van der Waals surface area (Å²) in [4.78, 5) is 26.8. The van der Waals surface area contributed by atoms with Gasteiger partial charge in [0.05, 0.1) is 25.3 Å². The normalized spacial score (nSPS) is 11.3. The predicted molar refractivity (Wildman–Crippen MR) is 146 cm³/mol. The van der Waals surface area contributed by atoms with Crippen LogP contribution >= 0.6 is 0 Å². The molecule has 0 aliphatic heterocycles. The molecule has 0 amide bonds. The Morgan fingerprint density at radius 2 is 0.750 bits per heavy atom. The second-order valence-electron chi connectivity index (χ2n) is 10.0. The van der Waals surface area contributed by atoms with Crippen LogP contribution < -0.4 is 0 Å². The van der Waals surface area contributed by atoms with Crippen molar-refractivity contribution in [2.75, 3.05) is 14.2 Å². The van der Waals surface area contributed by atoms with E-state index in [9.17, 15) is 9.59 Å². The van der Waals surface area contributed by atoms with Gasteiger partial charge in [-0.25, -0.2) is 9.59 Å². The summed E-state index contributed by atoms with van der Waals surface area (Å²) in [6, 6.07) is 8.55. The topological polar surface area (TPSA) is 52.6 Å². The molecule has 0 unspecified atom stereocenters. The third-order valence-electron chi connectivity index (χ3n) is 7.38. The van der Waals surface area contributed by atoms with E-state index in [0.717, 1.165) is 77.9 Å². The highest BCUT2D eigenvalue weighted by atomic mass is 16.5. The SMILES string of the molecule is COC(=O)c1c(C)c2c(C)cc(C)cc(C)c-2c1-c1c(C(=O)OC)c(C)c2c(C)cc(C)cc(C)c1-2. The lowest BCUT2D eigenvalue weighted by molar-refractivity contribution is 0.0590. The van der Waals surface area contributed by atoms with E-state index in [1.807, 2.05) is 13.8 Å². The highest BCUT2D eigenvalue weighted by molar-refractivity contribution is 6.17. The van der Waals surface area contributed by atoms with Crippen molar-refractivity contribution < 1.29 is 19.1 Å². The Balaban J connectivity index is 2.39. The number of aryl methyl sites for hydroxylation is 6. The average molecular weight is 483 g/mol. The van der Waals surface area contributed by atoms with Gasteiger partial charge in [0.2, 0.25) is 0 Å². The molecule has 4 aliphatic carbocycles. The number of hydrogen-bond acceptors (Lipinski definition) is 4. The van der Waals surface area contributed by atoms with Crippen LogP contribution in [0.2, 0.25) is 0 Å². The summed E-state index contributed by atoms with van der Waals surface area (Å²) < 4.78 is 10.6. The molecule has 4 heteroatoms. The van der Waals surface area contributed by atoms with E-state index in [4.69, 9.17) is 9.47 Å². The second kappa shape index (κ2) is 9.09. The van der Waals surface area contributed by atoms with Crippen molar-refractivity contribution >= 4 is 11.9 Å². The second-order valence-corrected chi connectivity index (χ2v) is 10.0. The first-order chi connectivity index (χ1) is 16.9. The minimum absolute atomic E-state index is 0.412. The summed E-state index contributed by atoms with van der Waals surface area (Å²) in [6.45, 7) is 16.4. The van der Waals surface area contributed by atoms with E-state index >= 15 is 0 Å². The Morgan fingerprint density at radius 1 is 0.472 bits per heavy atom. The van der Waals surface area contributed by atoms with E-state index in [1.54, 1.807) is 0 Å². The molecule has 0 aromatic rings. The van der Waals surface area contributed by atoms with Crippen molar-refractivity contribution in [3.63, 3.8) is 0 Å². The van der Waals surface area contributed by atoms with Gasteiger partial charge in [0, 0.05) is 11.1 Å². The Bertz CT molecular complexity index is 1390. The van der Waals surface area contributed by atoms with Gasteiger partial charge in [-0.3, -0.25) is 0 Å². The fourth-order valence-corrected chi connectivity index (χ4v) is 6.23. The fourth-order valence-electron chi connectivity index (χ4n) is 6.23. The third kappa shape index (κ3) is 3.67. The summed E-state index contributed by atoms with van der Waals surface area (Å²) >= 11 is 0. The molecule has 0 fully saturated rings. The van der Waals surface area contributed by atoms with Gasteiger partial charge >= 0.3 is 11.9 Å². The maximum Gasteiger partial charge on any atom is 0.338 e. The summed E-state index contributed by atoms with van der Waals surface area (Å²) in [6.07, 6.45) is 0. The van der Waals surface area contributed by atoms with Crippen LogP contribution in [0.3, 0.4) is 0 Å². The summed E-state index contributed by atoms with van der Waals surface area (Å²) in [5, 5.41) is 0. The maximum atomic E-state index is 13.4. The van der Waals surface area contributed by atoms with E-state index < -0.39 is 11.9 Å². The van der Waals surface area contributed by atoms with Crippen molar-refractivity contribution in [2.24, 2.45) is 0 Å². The van der Waals surface area contributed by atoms with Crippen LogP contribution in [-0.4, -0.2) is 26.2 Å². The number of methoxy groups -OCH3 is 2. The Labute approximate surface area is 213 Å². The van der Waals surface area contributed by atoms with Gasteiger partial charge in [-0.1, -0.05) is 35.4 Å². The minimum atomic E-state index is -0.412. The number of esters is 2. The monoisotopic (exact) mass is 482 g/mol. The lowest BCUT2D eigenvalue weighted by Gasteiger charge is -2.13. The van der Waals surface area contributed by atoms with E-state index in [-0.39, 0.29) is 0 Å². The van der Waals surface area contributed by atoms with Gasteiger partial charge in [0.1, 0.15) is 0 Å². The Kier molecular flexibility index (Phi) is 6.42. The minimum Gasteiger partial charge on any atom is -0.465 e. The summed E-state index contributed by atoms with van der Waals surface area (Å²) in [5.74, 6) is -0.823. The molecule has 4 nitrogen and oxygen atoms in total. The first kappa shape index (κ1) is 25.4. The van der Waals surface area contributed by atoms with E-state index in [2.05, 4.69) is 65.8 Å². The van der Waals surface area contributed by atoms with E-state index in [1.165, 1.54) is 14.2 Å². The van der Waals surface area contributed by atoms with Crippen LogP contribution in [0.1, 0.15) is 65.2 Å². The molecule has 0 aromatic heterocycles. The zero-order chi connectivity index (χ0) is 26.6. The van der Waals surface area contributed by atoms with Crippen LogP contribution in [0.25, 0.3) is 33.4 Å². The number of hydrogen-bond donors (Lipinski definition) is 0. The molecule has 0 spiro atoms. The Hall–Kier alpha value is -3.66. The quantitative estimate of drug-likeness (QED) is 0.282. The highest BCUT2D eigenvalue weighted by Crippen LogP contribution is 2.53.